The van der Waals surface area contributed by atoms with E-state index < -0.39 is 12.9 Å². The van der Waals surface area contributed by atoms with Crippen molar-refractivity contribution in [2.75, 3.05) is 24.7 Å². The molecule has 0 aliphatic carbocycles. The number of ether oxygens (including phenoxy) is 2. The molecule has 11 nitrogen and oxygen atoms in total. The molecule has 36 heavy (non-hydrogen) atoms. The average Bonchev–Trinajstić information content (AvgIpc) is 3.30. The van der Waals surface area contributed by atoms with Gasteiger partial charge in [0, 0.05) is 36.0 Å². The normalized spacial score (nSPS) is 14.2. The van der Waals surface area contributed by atoms with E-state index in [1.54, 1.807) is 16.8 Å². The van der Waals surface area contributed by atoms with E-state index in [0.29, 0.717) is 28.5 Å². The van der Waals surface area contributed by atoms with Gasteiger partial charge in [-0.2, -0.15) is 5.10 Å². The van der Waals surface area contributed by atoms with Gasteiger partial charge in [-0.05, 0) is 42.3 Å². The van der Waals surface area contributed by atoms with Crippen molar-refractivity contribution in [3.8, 4) is 17.0 Å². The summed E-state index contributed by atoms with van der Waals surface area (Å²) in [4.78, 5) is 17.5. The van der Waals surface area contributed by atoms with Crippen LogP contribution in [-0.4, -0.2) is 45.0 Å². The number of rotatable bonds is 3. The molecule has 1 aliphatic rings. The number of amides is 1. The van der Waals surface area contributed by atoms with Crippen molar-refractivity contribution in [2.45, 2.75) is 20.1 Å². The van der Waals surface area contributed by atoms with Crippen LogP contribution in [0.4, 0.5) is 23.0 Å². The zero-order valence-corrected chi connectivity index (χ0v) is 19.9. The number of anilines is 4. The SMILES string of the molecule is [2H]C([2H])([2H])NC(=O)c1nnc2cc1Nc1cc(cc(-c3ccn(C)n3)c1OC)COCc1nc(ccc1C)N2. The summed E-state index contributed by atoms with van der Waals surface area (Å²) >= 11 is 0. The summed E-state index contributed by atoms with van der Waals surface area (Å²) < 4.78 is 35.9. The number of carbonyl (C=O) groups excluding carboxylic acids is 1. The van der Waals surface area contributed by atoms with Crippen molar-refractivity contribution in [1.29, 1.82) is 0 Å². The number of fused-ring (bicyclic) bond motifs is 6. The number of hydrogen-bond acceptors (Lipinski definition) is 9. The first-order valence-corrected chi connectivity index (χ1v) is 11.1. The lowest BCUT2D eigenvalue weighted by Gasteiger charge is -2.19. The van der Waals surface area contributed by atoms with Gasteiger partial charge in [0.15, 0.2) is 17.3 Å². The van der Waals surface area contributed by atoms with Gasteiger partial charge in [0.1, 0.15) is 5.82 Å². The van der Waals surface area contributed by atoms with Crippen LogP contribution in [-0.2, 0) is 25.0 Å². The van der Waals surface area contributed by atoms with Crippen molar-refractivity contribution < 1.29 is 18.4 Å². The van der Waals surface area contributed by atoms with Gasteiger partial charge >= 0.3 is 0 Å². The summed E-state index contributed by atoms with van der Waals surface area (Å²) in [5.41, 5.74) is 4.34. The number of hydrogen-bond donors (Lipinski definition) is 3. The van der Waals surface area contributed by atoms with E-state index in [1.165, 1.54) is 7.11 Å². The fourth-order valence-corrected chi connectivity index (χ4v) is 3.94. The molecular weight excluding hydrogens is 460 g/mol. The van der Waals surface area contributed by atoms with Crippen molar-refractivity contribution in [3.63, 3.8) is 0 Å². The molecular formula is C25H26N8O3. The van der Waals surface area contributed by atoms with E-state index in [-0.39, 0.29) is 30.4 Å². The molecule has 3 aromatic heterocycles. The third kappa shape index (κ3) is 4.56. The van der Waals surface area contributed by atoms with Crippen LogP contribution < -0.4 is 20.7 Å². The average molecular weight is 490 g/mol. The number of carbonyl (C=O) groups is 1. The monoisotopic (exact) mass is 489 g/mol. The van der Waals surface area contributed by atoms with Crippen LogP contribution in [0.25, 0.3) is 11.3 Å². The second-order valence-corrected chi connectivity index (χ2v) is 8.25. The highest BCUT2D eigenvalue weighted by molar-refractivity contribution is 5.99. The molecule has 0 radical (unpaired) electrons. The van der Waals surface area contributed by atoms with Gasteiger partial charge in [-0.25, -0.2) is 4.98 Å². The predicted octanol–water partition coefficient (Wildman–Crippen LogP) is 3.47. The molecule has 0 fully saturated rings. The Kier molecular flexibility index (Phi) is 5.28. The first-order chi connectivity index (χ1) is 18.6. The molecule has 1 aliphatic heterocycles. The zero-order chi connectivity index (χ0) is 27.7. The van der Waals surface area contributed by atoms with Crippen molar-refractivity contribution in [1.82, 2.24) is 30.3 Å². The summed E-state index contributed by atoms with van der Waals surface area (Å²) in [6, 6.07) is 10.9. The Balaban J connectivity index is 1.68. The van der Waals surface area contributed by atoms with Gasteiger partial charge in [0.2, 0.25) is 0 Å². The molecule has 1 amide bonds. The number of methoxy groups -OCH3 is 1. The second-order valence-electron chi connectivity index (χ2n) is 8.25. The Bertz CT molecular complexity index is 1550. The van der Waals surface area contributed by atoms with Gasteiger partial charge < -0.3 is 25.4 Å². The summed E-state index contributed by atoms with van der Waals surface area (Å²) in [6.07, 6.45) is 1.82. The van der Waals surface area contributed by atoms with Crippen LogP contribution in [0.1, 0.15) is 31.4 Å². The Morgan fingerprint density at radius 2 is 2.03 bits per heavy atom. The molecule has 4 heterocycles. The number of nitrogens with zero attached hydrogens (tertiary/aromatic N) is 5. The molecule has 11 heteroatoms. The lowest BCUT2D eigenvalue weighted by Crippen LogP contribution is -2.21. The lowest BCUT2D eigenvalue weighted by atomic mass is 10.0. The molecule has 1 aromatic carbocycles. The Labute approximate surface area is 212 Å². The van der Waals surface area contributed by atoms with Crippen LogP contribution in [0.3, 0.4) is 0 Å². The highest BCUT2D eigenvalue weighted by atomic mass is 16.5. The Hall–Kier alpha value is -4.51. The van der Waals surface area contributed by atoms with E-state index in [4.69, 9.17) is 13.6 Å². The largest absolute Gasteiger partial charge is 0.494 e. The topological polar surface area (TPSA) is 128 Å². The highest BCUT2D eigenvalue weighted by Gasteiger charge is 2.20. The van der Waals surface area contributed by atoms with Crippen LogP contribution in [0.15, 0.2) is 42.6 Å². The lowest BCUT2D eigenvalue weighted by molar-refractivity contribution is 0.0958. The number of pyridine rings is 1. The van der Waals surface area contributed by atoms with E-state index in [9.17, 15) is 4.79 Å². The number of nitrogens with one attached hydrogen (secondary N) is 3. The van der Waals surface area contributed by atoms with Crippen LogP contribution in [0.2, 0.25) is 0 Å². The van der Waals surface area contributed by atoms with E-state index in [1.807, 2.05) is 49.8 Å². The molecule has 0 unspecified atom stereocenters. The molecule has 6 bridgehead atoms. The standard InChI is InChI=1S/C25H26N8O3/c1-14-5-6-21-28-20(14)13-36-12-15-9-16(17-7-8-33(3)32-17)24(35-4)19(10-15)27-18-11-22(29-21)30-31-23(18)25(34)26-2/h5-11,27H,12-13H2,1-4H3,(H,26,34)(H,28,29,30)/i2D3. The third-order valence-electron chi connectivity index (χ3n) is 5.70. The molecule has 0 atom stereocenters. The Morgan fingerprint density at radius 3 is 2.81 bits per heavy atom. The minimum atomic E-state index is -2.72. The molecule has 5 rings (SSSR count). The quantitative estimate of drug-likeness (QED) is 0.396. The second kappa shape index (κ2) is 9.62. The van der Waals surface area contributed by atoms with E-state index in [2.05, 4.69) is 30.9 Å². The number of aryl methyl sites for hydroxylation is 2. The Morgan fingerprint density at radius 1 is 1.14 bits per heavy atom. The summed E-state index contributed by atoms with van der Waals surface area (Å²) in [7, 11) is 3.35. The van der Waals surface area contributed by atoms with E-state index >= 15 is 0 Å². The maximum atomic E-state index is 12.9. The van der Waals surface area contributed by atoms with Crippen LogP contribution in [0.5, 0.6) is 5.75 Å². The van der Waals surface area contributed by atoms with Gasteiger partial charge in [-0.15, -0.1) is 10.2 Å². The van der Waals surface area contributed by atoms with Crippen molar-refractivity contribution >= 4 is 28.9 Å². The summed E-state index contributed by atoms with van der Waals surface area (Å²) in [5.74, 6) is 0.325. The summed E-state index contributed by atoms with van der Waals surface area (Å²) in [5, 5.41) is 20.9. The van der Waals surface area contributed by atoms with Gasteiger partial charge in [0.05, 0.1) is 43.1 Å². The molecule has 0 saturated carbocycles. The molecule has 4 aromatic rings. The first kappa shape index (κ1) is 19.8. The maximum Gasteiger partial charge on any atom is 0.273 e. The number of aromatic nitrogens is 5. The van der Waals surface area contributed by atoms with Crippen LogP contribution in [0, 0.1) is 6.92 Å². The maximum absolute atomic E-state index is 12.9. The molecule has 184 valence electrons. The predicted molar refractivity (Wildman–Crippen MR) is 135 cm³/mol. The summed E-state index contributed by atoms with van der Waals surface area (Å²) in [6.45, 7) is -0.236. The van der Waals surface area contributed by atoms with Gasteiger partial charge in [-0.3, -0.25) is 9.48 Å². The van der Waals surface area contributed by atoms with Gasteiger partial charge in [0.25, 0.3) is 5.91 Å². The fraction of sp³-hybridized carbons (Fsp3) is 0.240. The smallest absolute Gasteiger partial charge is 0.273 e. The van der Waals surface area contributed by atoms with Crippen molar-refractivity contribution in [3.05, 3.63) is 65.1 Å². The fourth-order valence-electron chi connectivity index (χ4n) is 3.94. The minimum Gasteiger partial charge on any atom is -0.494 e. The van der Waals surface area contributed by atoms with Crippen LogP contribution >= 0.6 is 0 Å². The molecule has 0 spiro atoms. The highest BCUT2D eigenvalue weighted by Crippen LogP contribution is 2.39. The molecule has 0 saturated heterocycles. The van der Waals surface area contributed by atoms with Crippen molar-refractivity contribution in [2.24, 2.45) is 7.05 Å². The zero-order valence-electron chi connectivity index (χ0n) is 22.9. The first-order valence-electron chi connectivity index (χ1n) is 12.6. The minimum absolute atomic E-state index is 0.196. The molecule has 3 N–H and O–H groups in total. The van der Waals surface area contributed by atoms with E-state index in [0.717, 1.165) is 16.8 Å². The third-order valence-corrected chi connectivity index (χ3v) is 5.70. The van der Waals surface area contributed by atoms with Gasteiger partial charge in [-0.1, -0.05) is 6.07 Å². The number of benzene rings is 1.